The van der Waals surface area contributed by atoms with E-state index in [0.29, 0.717) is 12.8 Å². The van der Waals surface area contributed by atoms with Crippen LogP contribution in [0.4, 0.5) is 0 Å². The molecule has 1 aliphatic heterocycles. The fraction of sp³-hybridized carbons (Fsp3) is 0.250. The van der Waals surface area contributed by atoms with Gasteiger partial charge < -0.3 is 5.11 Å². The quantitative estimate of drug-likeness (QED) is 0.605. The van der Waals surface area contributed by atoms with E-state index in [2.05, 4.69) is 37.0 Å². The van der Waals surface area contributed by atoms with Gasteiger partial charge in [-0.3, -0.25) is 9.59 Å². The molecule has 0 saturated carbocycles. The molecule has 0 bridgehead atoms. The largest absolute Gasteiger partial charge is 0.481 e. The van der Waals surface area contributed by atoms with E-state index in [4.69, 9.17) is 5.11 Å². The van der Waals surface area contributed by atoms with Crippen molar-refractivity contribution < 1.29 is 14.7 Å². The second-order valence-electron chi connectivity index (χ2n) is 6.31. The highest BCUT2D eigenvalue weighted by Gasteiger charge is 2.32. The second kappa shape index (κ2) is 8.80. The number of carboxylic acid groups (broad SMARTS) is 1. The summed E-state index contributed by atoms with van der Waals surface area (Å²) in [7, 11) is 0. The summed E-state index contributed by atoms with van der Waals surface area (Å²) < 4.78 is 1.95. The van der Waals surface area contributed by atoms with E-state index in [9.17, 15) is 9.59 Å². The summed E-state index contributed by atoms with van der Waals surface area (Å²) in [4.78, 5) is 23.4. The van der Waals surface area contributed by atoms with E-state index in [1.165, 1.54) is 5.01 Å². The number of hydrazone groups is 1. The zero-order valence-electron chi connectivity index (χ0n) is 14.4. The van der Waals surface area contributed by atoms with Crippen molar-refractivity contribution >= 4 is 49.4 Å². The molecule has 7 heteroatoms. The number of benzene rings is 2. The average molecular weight is 494 g/mol. The van der Waals surface area contributed by atoms with E-state index in [1.807, 2.05) is 48.5 Å². The summed E-state index contributed by atoms with van der Waals surface area (Å²) in [6, 6.07) is 15.5. The minimum atomic E-state index is -0.896. The monoisotopic (exact) mass is 492 g/mol. The minimum absolute atomic E-state index is 0.0220. The summed E-state index contributed by atoms with van der Waals surface area (Å²) >= 11 is 6.86. The maximum Gasteiger partial charge on any atom is 0.303 e. The Hall–Kier alpha value is -1.99. The van der Waals surface area contributed by atoms with Gasteiger partial charge in [0.15, 0.2) is 0 Å². The van der Waals surface area contributed by atoms with Crippen LogP contribution in [0.5, 0.6) is 0 Å². The molecular weight excluding hydrogens is 476 g/mol. The summed E-state index contributed by atoms with van der Waals surface area (Å²) in [5, 5.41) is 14.9. The first-order valence-corrected chi connectivity index (χ1v) is 10.2. The van der Waals surface area contributed by atoms with Crippen LogP contribution in [-0.2, 0) is 9.59 Å². The highest BCUT2D eigenvalue weighted by atomic mass is 79.9. The van der Waals surface area contributed by atoms with Crippen molar-refractivity contribution in [2.75, 3.05) is 0 Å². The number of aliphatic carboxylic acids is 1. The Morgan fingerprint density at radius 2 is 1.59 bits per heavy atom. The van der Waals surface area contributed by atoms with Crippen molar-refractivity contribution in [1.82, 2.24) is 5.01 Å². The number of amides is 1. The lowest BCUT2D eigenvalue weighted by Gasteiger charge is -2.22. The zero-order valence-corrected chi connectivity index (χ0v) is 17.6. The molecule has 0 fully saturated rings. The van der Waals surface area contributed by atoms with Gasteiger partial charge in [0.2, 0.25) is 5.91 Å². The minimum Gasteiger partial charge on any atom is -0.481 e. The molecule has 1 amide bonds. The Morgan fingerprint density at radius 3 is 2.19 bits per heavy atom. The van der Waals surface area contributed by atoms with Crippen molar-refractivity contribution in [3.63, 3.8) is 0 Å². The normalized spacial score (nSPS) is 16.3. The van der Waals surface area contributed by atoms with Gasteiger partial charge in [-0.05, 0) is 41.8 Å². The molecule has 2 aromatic rings. The van der Waals surface area contributed by atoms with Crippen LogP contribution in [-0.4, -0.2) is 27.7 Å². The molecule has 0 aromatic heterocycles. The van der Waals surface area contributed by atoms with Crippen LogP contribution in [0, 0.1) is 0 Å². The van der Waals surface area contributed by atoms with Crippen LogP contribution in [0.1, 0.15) is 42.9 Å². The van der Waals surface area contributed by atoms with E-state index < -0.39 is 5.97 Å². The predicted molar refractivity (Wildman–Crippen MR) is 111 cm³/mol. The highest BCUT2D eigenvalue weighted by Crippen LogP contribution is 2.34. The average Bonchev–Trinajstić information content (AvgIpc) is 3.08. The molecule has 1 atom stereocenters. The number of carboxylic acids is 1. The Bertz CT molecular complexity index is 864. The van der Waals surface area contributed by atoms with Gasteiger partial charge in [0, 0.05) is 28.2 Å². The van der Waals surface area contributed by atoms with Gasteiger partial charge in [-0.25, -0.2) is 5.01 Å². The standard InChI is InChI=1S/C20H18Br2N2O3/c21-15-8-4-13(5-9-15)17-12-18(14-6-10-16(22)11-7-14)24(23-17)19(25)2-1-3-20(26)27/h4-11,18H,1-3,12H2,(H,26,27)/t18-/m0/s1. The third-order valence-electron chi connectivity index (χ3n) is 4.38. The molecule has 5 nitrogen and oxygen atoms in total. The number of halogens is 2. The SMILES string of the molecule is O=C(O)CCCC(=O)N1N=C(c2ccc(Br)cc2)C[C@H]1c1ccc(Br)cc1. The fourth-order valence-electron chi connectivity index (χ4n) is 3.01. The molecule has 2 aromatic carbocycles. The summed E-state index contributed by atoms with van der Waals surface area (Å²) in [5.74, 6) is -1.05. The van der Waals surface area contributed by atoms with Crippen LogP contribution in [0.25, 0.3) is 0 Å². The van der Waals surface area contributed by atoms with E-state index in [1.54, 1.807) is 0 Å². The number of rotatable bonds is 6. The van der Waals surface area contributed by atoms with Gasteiger partial charge in [0.1, 0.15) is 0 Å². The molecular formula is C20H18Br2N2O3. The highest BCUT2D eigenvalue weighted by molar-refractivity contribution is 9.10. The van der Waals surface area contributed by atoms with Crippen molar-refractivity contribution in [1.29, 1.82) is 0 Å². The number of hydrogen-bond donors (Lipinski definition) is 1. The van der Waals surface area contributed by atoms with Crippen molar-refractivity contribution in [2.45, 2.75) is 31.7 Å². The number of hydrogen-bond acceptors (Lipinski definition) is 3. The van der Waals surface area contributed by atoms with Gasteiger partial charge in [-0.1, -0.05) is 56.1 Å². The van der Waals surface area contributed by atoms with Crippen LogP contribution in [0.15, 0.2) is 62.6 Å². The third-order valence-corrected chi connectivity index (χ3v) is 5.44. The Balaban J connectivity index is 1.85. The van der Waals surface area contributed by atoms with Gasteiger partial charge in [-0.2, -0.15) is 5.10 Å². The van der Waals surface area contributed by atoms with Gasteiger partial charge in [0.25, 0.3) is 0 Å². The Labute approximate surface area is 174 Å². The van der Waals surface area contributed by atoms with Crippen LogP contribution in [0.3, 0.4) is 0 Å². The van der Waals surface area contributed by atoms with Gasteiger partial charge >= 0.3 is 5.97 Å². The number of carbonyl (C=O) groups is 2. The molecule has 140 valence electrons. The van der Waals surface area contributed by atoms with Crippen LogP contribution in [0.2, 0.25) is 0 Å². The van der Waals surface area contributed by atoms with Crippen molar-refractivity contribution in [3.05, 3.63) is 68.6 Å². The molecule has 1 heterocycles. The molecule has 1 N–H and O–H groups in total. The predicted octanol–water partition coefficient (Wildman–Crippen LogP) is 5.14. The lowest BCUT2D eigenvalue weighted by molar-refractivity contribution is -0.137. The topological polar surface area (TPSA) is 70.0 Å². The molecule has 27 heavy (non-hydrogen) atoms. The Kier molecular flexibility index (Phi) is 6.44. The zero-order chi connectivity index (χ0) is 19.4. The van der Waals surface area contributed by atoms with Crippen LogP contribution < -0.4 is 0 Å². The maximum absolute atomic E-state index is 12.7. The molecule has 0 radical (unpaired) electrons. The van der Waals surface area contributed by atoms with Crippen molar-refractivity contribution in [2.24, 2.45) is 5.10 Å². The number of carbonyl (C=O) groups excluding carboxylic acids is 1. The van der Waals surface area contributed by atoms with E-state index in [0.717, 1.165) is 25.8 Å². The van der Waals surface area contributed by atoms with Gasteiger partial charge in [-0.15, -0.1) is 0 Å². The second-order valence-corrected chi connectivity index (χ2v) is 8.14. The first kappa shape index (κ1) is 19.8. The van der Waals surface area contributed by atoms with E-state index >= 15 is 0 Å². The van der Waals surface area contributed by atoms with Crippen LogP contribution >= 0.6 is 31.9 Å². The first-order chi connectivity index (χ1) is 12.9. The summed E-state index contributed by atoms with van der Waals surface area (Å²) in [6.45, 7) is 0. The van der Waals surface area contributed by atoms with Gasteiger partial charge in [0.05, 0.1) is 11.8 Å². The molecule has 0 aliphatic carbocycles. The molecule has 1 aliphatic rings. The first-order valence-electron chi connectivity index (χ1n) is 8.57. The summed E-state index contributed by atoms with van der Waals surface area (Å²) in [5.41, 5.74) is 2.82. The molecule has 0 saturated heterocycles. The number of nitrogens with zero attached hydrogens (tertiary/aromatic N) is 2. The summed E-state index contributed by atoms with van der Waals surface area (Å²) in [6.07, 6.45) is 1.07. The lowest BCUT2D eigenvalue weighted by Crippen LogP contribution is -2.27. The van der Waals surface area contributed by atoms with E-state index in [-0.39, 0.29) is 24.8 Å². The fourth-order valence-corrected chi connectivity index (χ4v) is 3.54. The lowest BCUT2D eigenvalue weighted by atomic mass is 9.98. The smallest absolute Gasteiger partial charge is 0.303 e. The molecule has 0 spiro atoms. The molecule has 0 unspecified atom stereocenters. The maximum atomic E-state index is 12.7. The van der Waals surface area contributed by atoms with Crippen molar-refractivity contribution in [3.8, 4) is 0 Å². The molecule has 3 rings (SSSR count). The third kappa shape index (κ3) is 5.05. The Morgan fingerprint density at radius 1 is 1.00 bits per heavy atom.